The molecule has 2 heteroatoms. The molecular weight excluding hydrogens is 208 g/mol. The molecule has 1 fully saturated rings. The Balaban J connectivity index is 2.37. The van der Waals surface area contributed by atoms with E-state index in [0.29, 0.717) is 6.54 Å². The maximum atomic E-state index is 5.75. The van der Waals surface area contributed by atoms with Crippen LogP contribution in [0.1, 0.15) is 43.2 Å². The Morgan fingerprint density at radius 2 is 1.88 bits per heavy atom. The molecule has 0 unspecified atom stereocenters. The van der Waals surface area contributed by atoms with E-state index in [-0.39, 0.29) is 5.54 Å². The fraction of sp³-hybridized carbons (Fsp3) is 0.600. The Hall–Kier alpha value is -0.860. The van der Waals surface area contributed by atoms with Crippen molar-refractivity contribution in [2.75, 3.05) is 14.1 Å². The standard InChI is InChI=1S/C15H24N2/c1-17(2)15(9-4-3-5-10-15)14-8-6-7-13(11-14)12-16/h6-8,11H,3-5,9-10,12,16H2,1-2H3. The van der Waals surface area contributed by atoms with Crippen LogP contribution in [0.25, 0.3) is 0 Å². The molecule has 17 heavy (non-hydrogen) atoms. The molecule has 0 amide bonds. The predicted molar refractivity (Wildman–Crippen MR) is 72.8 cm³/mol. The summed E-state index contributed by atoms with van der Waals surface area (Å²) >= 11 is 0. The van der Waals surface area contributed by atoms with E-state index < -0.39 is 0 Å². The quantitative estimate of drug-likeness (QED) is 0.868. The number of nitrogens with zero attached hydrogens (tertiary/aromatic N) is 1. The normalized spacial score (nSPS) is 19.5. The van der Waals surface area contributed by atoms with Crippen molar-refractivity contribution in [2.45, 2.75) is 44.2 Å². The average molecular weight is 232 g/mol. The van der Waals surface area contributed by atoms with Crippen LogP contribution in [0, 0.1) is 0 Å². The van der Waals surface area contributed by atoms with Gasteiger partial charge in [-0.05, 0) is 38.1 Å². The zero-order valence-corrected chi connectivity index (χ0v) is 11.1. The first kappa shape index (κ1) is 12.6. The molecule has 0 aliphatic heterocycles. The number of rotatable bonds is 3. The molecule has 1 aromatic carbocycles. The molecule has 0 aromatic heterocycles. The van der Waals surface area contributed by atoms with Crippen LogP contribution in [0.3, 0.4) is 0 Å². The molecule has 0 spiro atoms. The molecule has 1 aromatic rings. The van der Waals surface area contributed by atoms with Crippen molar-refractivity contribution in [2.24, 2.45) is 5.73 Å². The van der Waals surface area contributed by atoms with Gasteiger partial charge in [0.2, 0.25) is 0 Å². The highest BCUT2D eigenvalue weighted by Crippen LogP contribution is 2.41. The first-order chi connectivity index (χ1) is 8.19. The van der Waals surface area contributed by atoms with Crippen LogP contribution in [-0.4, -0.2) is 19.0 Å². The lowest BCUT2D eigenvalue weighted by Gasteiger charge is -2.43. The fourth-order valence-corrected chi connectivity index (χ4v) is 3.12. The largest absolute Gasteiger partial charge is 0.326 e. The maximum absolute atomic E-state index is 5.75. The lowest BCUT2D eigenvalue weighted by molar-refractivity contribution is 0.0988. The van der Waals surface area contributed by atoms with E-state index >= 15 is 0 Å². The van der Waals surface area contributed by atoms with E-state index in [1.807, 2.05) is 0 Å². The van der Waals surface area contributed by atoms with Crippen molar-refractivity contribution in [3.05, 3.63) is 35.4 Å². The van der Waals surface area contributed by atoms with E-state index in [1.54, 1.807) is 0 Å². The number of hydrogen-bond acceptors (Lipinski definition) is 2. The minimum Gasteiger partial charge on any atom is -0.326 e. The van der Waals surface area contributed by atoms with Gasteiger partial charge in [-0.25, -0.2) is 0 Å². The van der Waals surface area contributed by atoms with Crippen LogP contribution in [0.4, 0.5) is 0 Å². The number of nitrogens with two attached hydrogens (primary N) is 1. The fourth-order valence-electron chi connectivity index (χ4n) is 3.12. The van der Waals surface area contributed by atoms with Crippen molar-refractivity contribution in [3.8, 4) is 0 Å². The van der Waals surface area contributed by atoms with Crippen LogP contribution in [0.15, 0.2) is 24.3 Å². The summed E-state index contributed by atoms with van der Waals surface area (Å²) in [5.74, 6) is 0. The van der Waals surface area contributed by atoms with Crippen LogP contribution >= 0.6 is 0 Å². The average Bonchev–Trinajstić information content (AvgIpc) is 2.39. The minimum atomic E-state index is 0.240. The van der Waals surface area contributed by atoms with E-state index in [4.69, 9.17) is 5.73 Å². The van der Waals surface area contributed by atoms with Crippen LogP contribution in [0.5, 0.6) is 0 Å². The second kappa shape index (κ2) is 5.19. The van der Waals surface area contributed by atoms with E-state index in [9.17, 15) is 0 Å². The van der Waals surface area contributed by atoms with Crippen molar-refractivity contribution < 1.29 is 0 Å². The molecule has 2 rings (SSSR count). The van der Waals surface area contributed by atoms with Gasteiger partial charge in [0.25, 0.3) is 0 Å². The predicted octanol–water partition coefficient (Wildman–Crippen LogP) is 2.87. The monoisotopic (exact) mass is 232 g/mol. The van der Waals surface area contributed by atoms with Crippen LogP contribution < -0.4 is 5.73 Å². The lowest BCUT2D eigenvalue weighted by Crippen LogP contribution is -2.43. The van der Waals surface area contributed by atoms with Gasteiger partial charge in [0.1, 0.15) is 0 Å². The Kier molecular flexibility index (Phi) is 3.85. The molecule has 1 saturated carbocycles. The summed E-state index contributed by atoms with van der Waals surface area (Å²) in [6, 6.07) is 8.84. The zero-order chi connectivity index (χ0) is 12.3. The molecule has 1 aliphatic rings. The summed E-state index contributed by atoms with van der Waals surface area (Å²) in [5.41, 5.74) is 8.69. The Morgan fingerprint density at radius 1 is 1.18 bits per heavy atom. The van der Waals surface area contributed by atoms with Gasteiger partial charge in [-0.1, -0.05) is 43.5 Å². The summed E-state index contributed by atoms with van der Waals surface area (Å²) in [7, 11) is 4.42. The summed E-state index contributed by atoms with van der Waals surface area (Å²) < 4.78 is 0. The van der Waals surface area contributed by atoms with Crippen molar-refractivity contribution in [1.29, 1.82) is 0 Å². The first-order valence-corrected chi connectivity index (χ1v) is 6.66. The van der Waals surface area contributed by atoms with Gasteiger partial charge in [0.15, 0.2) is 0 Å². The lowest BCUT2D eigenvalue weighted by atomic mass is 9.75. The van der Waals surface area contributed by atoms with Crippen LogP contribution in [0.2, 0.25) is 0 Å². The van der Waals surface area contributed by atoms with Crippen molar-refractivity contribution >= 4 is 0 Å². The van der Waals surface area contributed by atoms with E-state index in [0.717, 1.165) is 0 Å². The molecule has 0 radical (unpaired) electrons. The second-order valence-electron chi connectivity index (χ2n) is 5.39. The molecule has 1 aliphatic carbocycles. The molecule has 2 N–H and O–H groups in total. The summed E-state index contributed by atoms with van der Waals surface area (Å²) in [6.07, 6.45) is 6.60. The summed E-state index contributed by atoms with van der Waals surface area (Å²) in [4.78, 5) is 2.40. The topological polar surface area (TPSA) is 29.3 Å². The highest BCUT2D eigenvalue weighted by Gasteiger charge is 2.35. The van der Waals surface area contributed by atoms with Gasteiger partial charge in [-0.15, -0.1) is 0 Å². The van der Waals surface area contributed by atoms with Gasteiger partial charge in [-0.3, -0.25) is 4.90 Å². The second-order valence-corrected chi connectivity index (χ2v) is 5.39. The molecule has 0 saturated heterocycles. The van der Waals surface area contributed by atoms with Gasteiger partial charge in [-0.2, -0.15) is 0 Å². The van der Waals surface area contributed by atoms with Gasteiger partial charge >= 0.3 is 0 Å². The van der Waals surface area contributed by atoms with Crippen molar-refractivity contribution in [1.82, 2.24) is 4.90 Å². The van der Waals surface area contributed by atoms with Gasteiger partial charge < -0.3 is 5.73 Å². The molecule has 0 atom stereocenters. The number of benzene rings is 1. The Bertz CT molecular complexity index is 365. The summed E-state index contributed by atoms with van der Waals surface area (Å²) in [5, 5.41) is 0. The Morgan fingerprint density at radius 3 is 2.47 bits per heavy atom. The zero-order valence-electron chi connectivity index (χ0n) is 11.1. The number of hydrogen-bond donors (Lipinski definition) is 1. The van der Waals surface area contributed by atoms with Crippen LogP contribution in [-0.2, 0) is 12.1 Å². The molecule has 94 valence electrons. The molecular formula is C15H24N2. The van der Waals surface area contributed by atoms with E-state index in [1.165, 1.54) is 43.2 Å². The maximum Gasteiger partial charge on any atom is 0.0454 e. The van der Waals surface area contributed by atoms with E-state index in [2.05, 4.69) is 43.3 Å². The molecule has 2 nitrogen and oxygen atoms in total. The van der Waals surface area contributed by atoms with Crippen molar-refractivity contribution in [3.63, 3.8) is 0 Å². The smallest absolute Gasteiger partial charge is 0.0454 e. The third kappa shape index (κ3) is 2.38. The highest BCUT2D eigenvalue weighted by molar-refractivity contribution is 5.30. The third-order valence-electron chi connectivity index (χ3n) is 4.24. The molecule has 0 heterocycles. The third-order valence-corrected chi connectivity index (χ3v) is 4.24. The Labute approximate surface area is 105 Å². The highest BCUT2D eigenvalue weighted by atomic mass is 15.1. The SMILES string of the molecule is CN(C)C1(c2cccc(CN)c2)CCCCC1. The first-order valence-electron chi connectivity index (χ1n) is 6.66. The van der Waals surface area contributed by atoms with Gasteiger partial charge in [0, 0.05) is 12.1 Å². The molecule has 0 bridgehead atoms. The summed E-state index contributed by atoms with van der Waals surface area (Å²) in [6.45, 7) is 0.636. The minimum absolute atomic E-state index is 0.240. The van der Waals surface area contributed by atoms with Gasteiger partial charge in [0.05, 0.1) is 0 Å².